The lowest BCUT2D eigenvalue weighted by Gasteiger charge is -2.28. The molecule has 106 valence electrons. The molecular formula is C18H17NO2. The second-order valence-electron chi connectivity index (χ2n) is 5.15. The van der Waals surface area contributed by atoms with Gasteiger partial charge in [0.25, 0.3) is 5.91 Å². The number of phenols is 1. The molecule has 2 aromatic carbocycles. The number of carbonyl (C=O) groups excluding carboxylic acids is 1. The van der Waals surface area contributed by atoms with Crippen LogP contribution in [0.15, 0.2) is 54.6 Å². The monoisotopic (exact) mass is 279 g/mol. The number of aromatic hydroxyl groups is 1. The molecule has 3 nitrogen and oxygen atoms in total. The molecule has 0 unspecified atom stereocenters. The summed E-state index contributed by atoms with van der Waals surface area (Å²) in [7, 11) is 0. The maximum absolute atomic E-state index is 12.4. The first kappa shape index (κ1) is 13.4. The highest BCUT2D eigenvalue weighted by atomic mass is 16.3. The third kappa shape index (κ3) is 2.97. The highest BCUT2D eigenvalue weighted by molar-refractivity contribution is 6.04. The van der Waals surface area contributed by atoms with Crippen molar-refractivity contribution in [2.45, 2.75) is 12.8 Å². The molecule has 0 fully saturated rings. The van der Waals surface area contributed by atoms with Crippen LogP contribution in [0.4, 0.5) is 5.69 Å². The summed E-state index contributed by atoms with van der Waals surface area (Å²) in [4.78, 5) is 14.2. The molecule has 0 saturated heterocycles. The predicted molar refractivity (Wildman–Crippen MR) is 84.3 cm³/mol. The number of phenolic OH excluding ortho intramolecular Hbond substituents is 1. The van der Waals surface area contributed by atoms with Gasteiger partial charge in [-0.15, -0.1) is 0 Å². The maximum Gasteiger partial charge on any atom is 0.250 e. The minimum absolute atomic E-state index is 0.00442. The Morgan fingerprint density at radius 2 is 1.86 bits per heavy atom. The van der Waals surface area contributed by atoms with Crippen LogP contribution < -0.4 is 4.90 Å². The summed E-state index contributed by atoms with van der Waals surface area (Å²) in [6.07, 6.45) is 5.39. The third-order valence-corrected chi connectivity index (χ3v) is 3.69. The van der Waals surface area contributed by atoms with Crippen LogP contribution in [-0.4, -0.2) is 17.6 Å². The number of fused-ring (bicyclic) bond motifs is 1. The molecule has 3 heteroatoms. The van der Waals surface area contributed by atoms with Crippen LogP contribution in [0.25, 0.3) is 6.08 Å². The van der Waals surface area contributed by atoms with Gasteiger partial charge in [0, 0.05) is 18.3 Å². The Morgan fingerprint density at radius 3 is 2.67 bits per heavy atom. The molecule has 0 aromatic heterocycles. The van der Waals surface area contributed by atoms with Gasteiger partial charge in [0.2, 0.25) is 0 Å². The fourth-order valence-corrected chi connectivity index (χ4v) is 2.61. The average Bonchev–Trinajstić information content (AvgIpc) is 2.53. The zero-order chi connectivity index (χ0) is 14.7. The average molecular weight is 279 g/mol. The number of aryl methyl sites for hydroxylation is 1. The normalized spacial score (nSPS) is 14.2. The maximum atomic E-state index is 12.4. The minimum Gasteiger partial charge on any atom is -0.508 e. The molecule has 1 aliphatic rings. The molecule has 0 saturated carbocycles. The van der Waals surface area contributed by atoms with E-state index in [2.05, 4.69) is 6.07 Å². The second kappa shape index (κ2) is 5.83. The van der Waals surface area contributed by atoms with Gasteiger partial charge < -0.3 is 10.0 Å². The van der Waals surface area contributed by atoms with Crippen molar-refractivity contribution in [3.63, 3.8) is 0 Å². The second-order valence-corrected chi connectivity index (χ2v) is 5.15. The largest absolute Gasteiger partial charge is 0.508 e. The smallest absolute Gasteiger partial charge is 0.250 e. The number of hydrogen-bond acceptors (Lipinski definition) is 2. The van der Waals surface area contributed by atoms with E-state index < -0.39 is 0 Å². The number of rotatable bonds is 2. The Kier molecular flexibility index (Phi) is 3.73. The highest BCUT2D eigenvalue weighted by Gasteiger charge is 2.20. The number of amides is 1. The fraction of sp³-hybridized carbons (Fsp3) is 0.167. The van der Waals surface area contributed by atoms with E-state index in [1.807, 2.05) is 23.1 Å². The Hall–Kier alpha value is -2.55. The number of benzene rings is 2. The predicted octanol–water partition coefficient (Wildman–Crippen LogP) is 3.38. The van der Waals surface area contributed by atoms with Crippen molar-refractivity contribution in [2.24, 2.45) is 0 Å². The highest BCUT2D eigenvalue weighted by Crippen LogP contribution is 2.26. The molecule has 0 radical (unpaired) electrons. The summed E-state index contributed by atoms with van der Waals surface area (Å²) >= 11 is 0. The van der Waals surface area contributed by atoms with Gasteiger partial charge in [-0.1, -0.05) is 30.3 Å². The van der Waals surface area contributed by atoms with E-state index in [9.17, 15) is 9.90 Å². The van der Waals surface area contributed by atoms with Gasteiger partial charge in [-0.3, -0.25) is 4.79 Å². The van der Waals surface area contributed by atoms with Crippen LogP contribution in [0.3, 0.4) is 0 Å². The Bertz CT molecular complexity index is 674. The Balaban J connectivity index is 1.79. The molecule has 0 bridgehead atoms. The van der Waals surface area contributed by atoms with E-state index in [-0.39, 0.29) is 11.7 Å². The number of nitrogens with zero attached hydrogens (tertiary/aromatic N) is 1. The van der Waals surface area contributed by atoms with Gasteiger partial charge in [0.05, 0.1) is 0 Å². The number of carbonyl (C=O) groups is 1. The van der Waals surface area contributed by atoms with Crippen molar-refractivity contribution in [2.75, 3.05) is 11.4 Å². The molecule has 2 aromatic rings. The van der Waals surface area contributed by atoms with Crippen LogP contribution in [0.1, 0.15) is 17.5 Å². The van der Waals surface area contributed by atoms with Crippen molar-refractivity contribution < 1.29 is 9.90 Å². The first-order chi connectivity index (χ1) is 10.2. The lowest BCUT2D eigenvalue weighted by molar-refractivity contribution is -0.114. The van der Waals surface area contributed by atoms with Crippen molar-refractivity contribution in [1.82, 2.24) is 0 Å². The summed E-state index contributed by atoms with van der Waals surface area (Å²) < 4.78 is 0. The Labute approximate surface area is 124 Å². The van der Waals surface area contributed by atoms with E-state index >= 15 is 0 Å². The van der Waals surface area contributed by atoms with Gasteiger partial charge in [-0.05, 0) is 48.2 Å². The molecule has 1 amide bonds. The lowest BCUT2D eigenvalue weighted by atomic mass is 10.0. The fourth-order valence-electron chi connectivity index (χ4n) is 2.61. The summed E-state index contributed by atoms with van der Waals surface area (Å²) in [6, 6.07) is 14.8. The van der Waals surface area contributed by atoms with Crippen LogP contribution in [0.5, 0.6) is 5.75 Å². The molecular weight excluding hydrogens is 262 g/mol. The first-order valence-corrected chi connectivity index (χ1v) is 7.10. The molecule has 0 aliphatic carbocycles. The first-order valence-electron chi connectivity index (χ1n) is 7.10. The van der Waals surface area contributed by atoms with E-state index in [1.165, 1.54) is 5.56 Å². The summed E-state index contributed by atoms with van der Waals surface area (Å²) in [6.45, 7) is 0.760. The van der Waals surface area contributed by atoms with Gasteiger partial charge >= 0.3 is 0 Å². The molecule has 0 atom stereocenters. The van der Waals surface area contributed by atoms with Crippen LogP contribution in [0, 0.1) is 0 Å². The Morgan fingerprint density at radius 1 is 1.10 bits per heavy atom. The van der Waals surface area contributed by atoms with E-state index in [1.54, 1.807) is 36.4 Å². The molecule has 1 N–H and O–H groups in total. The molecule has 1 aliphatic heterocycles. The summed E-state index contributed by atoms with van der Waals surface area (Å²) in [5, 5.41) is 9.25. The van der Waals surface area contributed by atoms with Crippen molar-refractivity contribution in [3.05, 3.63) is 65.7 Å². The quantitative estimate of drug-likeness (QED) is 0.856. The van der Waals surface area contributed by atoms with Crippen LogP contribution >= 0.6 is 0 Å². The molecule has 0 spiro atoms. The summed E-state index contributed by atoms with van der Waals surface area (Å²) in [5.74, 6) is 0.221. The molecule has 21 heavy (non-hydrogen) atoms. The van der Waals surface area contributed by atoms with Crippen LogP contribution in [-0.2, 0) is 11.2 Å². The number of para-hydroxylation sites is 1. The standard InChI is InChI=1S/C18H17NO2/c20-16-10-7-14(8-11-16)9-12-18(21)19-13-3-5-15-4-1-2-6-17(15)19/h1-2,4,6-12,20H,3,5,13H2/b12-9+. The van der Waals surface area contributed by atoms with Crippen molar-refractivity contribution in [1.29, 1.82) is 0 Å². The number of hydrogen-bond donors (Lipinski definition) is 1. The van der Waals surface area contributed by atoms with Crippen molar-refractivity contribution >= 4 is 17.7 Å². The summed E-state index contributed by atoms with van der Waals surface area (Å²) in [5.41, 5.74) is 3.14. The molecule has 3 rings (SSSR count). The van der Waals surface area contributed by atoms with Crippen LogP contribution in [0.2, 0.25) is 0 Å². The van der Waals surface area contributed by atoms with Gasteiger partial charge in [-0.25, -0.2) is 0 Å². The number of anilines is 1. The van der Waals surface area contributed by atoms with Crippen molar-refractivity contribution in [3.8, 4) is 5.75 Å². The molecule has 1 heterocycles. The minimum atomic E-state index is -0.00442. The zero-order valence-electron chi connectivity index (χ0n) is 11.7. The van der Waals surface area contributed by atoms with Gasteiger partial charge in [-0.2, -0.15) is 0 Å². The van der Waals surface area contributed by atoms with Gasteiger partial charge in [0.15, 0.2) is 0 Å². The van der Waals surface area contributed by atoms with E-state index in [0.29, 0.717) is 0 Å². The van der Waals surface area contributed by atoms with E-state index in [4.69, 9.17) is 0 Å². The zero-order valence-corrected chi connectivity index (χ0v) is 11.7. The third-order valence-electron chi connectivity index (χ3n) is 3.69. The lowest BCUT2D eigenvalue weighted by Crippen LogP contribution is -2.34. The SMILES string of the molecule is O=C(/C=C/c1ccc(O)cc1)N1CCCc2ccccc21. The topological polar surface area (TPSA) is 40.5 Å². The van der Waals surface area contributed by atoms with E-state index in [0.717, 1.165) is 30.6 Å². The van der Waals surface area contributed by atoms with Gasteiger partial charge in [0.1, 0.15) is 5.75 Å².